The molecule has 0 aliphatic rings. The van der Waals surface area contributed by atoms with Crippen molar-refractivity contribution < 1.29 is 28.7 Å². The summed E-state index contributed by atoms with van der Waals surface area (Å²) in [7, 11) is 0. The average molecular weight is 288 g/mol. The van der Waals surface area contributed by atoms with E-state index in [9.17, 15) is 19.2 Å². The van der Waals surface area contributed by atoms with Gasteiger partial charge in [-0.05, 0) is 12.8 Å². The van der Waals surface area contributed by atoms with E-state index in [1.54, 1.807) is 13.8 Å². The van der Waals surface area contributed by atoms with Crippen LogP contribution in [-0.4, -0.2) is 43.0 Å². The van der Waals surface area contributed by atoms with Crippen LogP contribution in [0.4, 0.5) is 0 Å². The molecule has 0 saturated carbocycles. The van der Waals surface area contributed by atoms with E-state index in [2.05, 4.69) is 10.1 Å². The van der Waals surface area contributed by atoms with E-state index < -0.39 is 42.3 Å². The molecule has 0 heterocycles. The molecule has 0 rings (SSSR count). The maximum atomic E-state index is 11.5. The number of hydrogen-bond acceptors (Lipinski definition) is 6. The monoisotopic (exact) mass is 288 g/mol. The zero-order valence-corrected chi connectivity index (χ0v) is 11.8. The molecule has 0 aliphatic carbocycles. The van der Waals surface area contributed by atoms with Crippen molar-refractivity contribution in [2.24, 2.45) is 11.7 Å². The molecule has 114 valence electrons. The van der Waals surface area contributed by atoms with Gasteiger partial charge in [0.1, 0.15) is 6.04 Å². The molecule has 0 fully saturated rings. The molecule has 0 saturated heterocycles. The van der Waals surface area contributed by atoms with E-state index in [-0.39, 0.29) is 13.0 Å². The van der Waals surface area contributed by atoms with Crippen LogP contribution < -0.4 is 11.1 Å². The number of primary amides is 1. The Morgan fingerprint density at radius 3 is 2.25 bits per heavy atom. The molecule has 3 N–H and O–H groups in total. The van der Waals surface area contributed by atoms with Crippen LogP contribution in [0.3, 0.4) is 0 Å². The highest BCUT2D eigenvalue weighted by Crippen LogP contribution is 2.09. The summed E-state index contributed by atoms with van der Waals surface area (Å²) < 4.78 is 9.24. The smallest absolute Gasteiger partial charge is 0.306 e. The fraction of sp³-hybridized carbons (Fsp3) is 0.667. The zero-order chi connectivity index (χ0) is 15.7. The number of nitrogens with two attached hydrogens (primary N) is 1. The molecule has 0 aliphatic heterocycles. The Bertz CT molecular complexity index is 382. The minimum absolute atomic E-state index is 0.0602. The summed E-state index contributed by atoms with van der Waals surface area (Å²) in [6.07, 6.45) is -0.0602. The first-order valence-electron chi connectivity index (χ1n) is 6.15. The molecule has 0 bridgehead atoms. The topological polar surface area (TPSA) is 125 Å². The zero-order valence-electron chi connectivity index (χ0n) is 11.8. The summed E-state index contributed by atoms with van der Waals surface area (Å²) in [6.45, 7) is 4.12. The lowest BCUT2D eigenvalue weighted by Gasteiger charge is -2.21. The SMILES string of the molecule is CCOC(=O)C[C@@H](C)[C@@H](NC(=O)COC(C)=O)C(N)=O. The number of nitrogens with one attached hydrogen (secondary N) is 1. The Morgan fingerprint density at radius 1 is 1.20 bits per heavy atom. The van der Waals surface area contributed by atoms with Gasteiger partial charge in [0, 0.05) is 6.92 Å². The second kappa shape index (κ2) is 8.89. The van der Waals surface area contributed by atoms with E-state index >= 15 is 0 Å². The number of rotatable bonds is 8. The maximum absolute atomic E-state index is 11.5. The highest BCUT2D eigenvalue weighted by atomic mass is 16.5. The van der Waals surface area contributed by atoms with Crippen molar-refractivity contribution in [3.05, 3.63) is 0 Å². The van der Waals surface area contributed by atoms with Crippen LogP contribution in [-0.2, 0) is 28.7 Å². The minimum atomic E-state index is -1.04. The first-order chi connectivity index (χ1) is 9.27. The molecule has 2 atom stereocenters. The van der Waals surface area contributed by atoms with Gasteiger partial charge in [-0.2, -0.15) is 0 Å². The van der Waals surface area contributed by atoms with Crippen LogP contribution in [0, 0.1) is 5.92 Å². The molecule has 8 heteroatoms. The van der Waals surface area contributed by atoms with Crippen molar-refractivity contribution >= 4 is 23.8 Å². The van der Waals surface area contributed by atoms with Crippen LogP contribution in [0.25, 0.3) is 0 Å². The van der Waals surface area contributed by atoms with Gasteiger partial charge in [0.15, 0.2) is 6.61 Å². The third-order valence-electron chi connectivity index (χ3n) is 2.39. The maximum Gasteiger partial charge on any atom is 0.306 e. The highest BCUT2D eigenvalue weighted by molar-refractivity contribution is 5.88. The Labute approximate surface area is 117 Å². The van der Waals surface area contributed by atoms with E-state index in [0.29, 0.717) is 0 Å². The standard InChI is InChI=1S/C12H20N2O6/c1-4-19-10(17)5-7(2)11(12(13)18)14-9(16)6-20-8(3)15/h7,11H,4-6H2,1-3H3,(H2,13,18)(H,14,16)/t7-,11-/m1/s1. The predicted molar refractivity (Wildman–Crippen MR) is 68.2 cm³/mol. The van der Waals surface area contributed by atoms with Gasteiger partial charge in [0.25, 0.3) is 5.91 Å². The molecule has 0 aromatic rings. The quantitative estimate of drug-likeness (QED) is 0.558. The third kappa shape index (κ3) is 7.34. The lowest BCUT2D eigenvalue weighted by atomic mass is 9.97. The summed E-state index contributed by atoms with van der Waals surface area (Å²) in [6, 6.07) is -1.04. The van der Waals surface area contributed by atoms with E-state index in [0.717, 1.165) is 6.92 Å². The molecule has 20 heavy (non-hydrogen) atoms. The van der Waals surface area contributed by atoms with Crippen molar-refractivity contribution in [3.8, 4) is 0 Å². The molecule has 0 spiro atoms. The number of carbonyl (C=O) groups excluding carboxylic acids is 4. The molecule has 8 nitrogen and oxygen atoms in total. The van der Waals surface area contributed by atoms with Crippen LogP contribution in [0.2, 0.25) is 0 Å². The molecule has 0 aromatic heterocycles. The first-order valence-corrected chi connectivity index (χ1v) is 6.15. The van der Waals surface area contributed by atoms with Crippen LogP contribution >= 0.6 is 0 Å². The minimum Gasteiger partial charge on any atom is -0.466 e. The molecule has 0 aromatic carbocycles. The van der Waals surface area contributed by atoms with Crippen molar-refractivity contribution in [1.29, 1.82) is 0 Å². The average Bonchev–Trinajstić information content (AvgIpc) is 2.32. The van der Waals surface area contributed by atoms with Gasteiger partial charge in [-0.25, -0.2) is 0 Å². The molecular formula is C12H20N2O6. The second-order valence-corrected chi connectivity index (χ2v) is 4.21. The summed E-state index contributed by atoms with van der Waals surface area (Å²) in [5.41, 5.74) is 5.18. The number of esters is 2. The van der Waals surface area contributed by atoms with Crippen molar-refractivity contribution in [2.75, 3.05) is 13.2 Å². The van der Waals surface area contributed by atoms with Gasteiger partial charge in [-0.3, -0.25) is 19.2 Å². The molecule has 2 amide bonds. The number of carbonyl (C=O) groups is 4. The lowest BCUT2D eigenvalue weighted by Crippen LogP contribution is -2.50. The van der Waals surface area contributed by atoms with Gasteiger partial charge in [-0.15, -0.1) is 0 Å². The Balaban J connectivity index is 4.48. The predicted octanol–water partition coefficient (Wildman–Crippen LogP) is -0.891. The third-order valence-corrected chi connectivity index (χ3v) is 2.39. The Morgan fingerprint density at radius 2 is 1.80 bits per heavy atom. The number of hydrogen-bond donors (Lipinski definition) is 2. The largest absolute Gasteiger partial charge is 0.466 e. The number of amides is 2. The van der Waals surface area contributed by atoms with Crippen molar-refractivity contribution in [3.63, 3.8) is 0 Å². The van der Waals surface area contributed by atoms with Crippen molar-refractivity contribution in [1.82, 2.24) is 5.32 Å². The summed E-state index contributed by atoms with van der Waals surface area (Å²) in [5, 5.41) is 2.32. The van der Waals surface area contributed by atoms with E-state index in [4.69, 9.17) is 10.5 Å². The fourth-order valence-electron chi connectivity index (χ4n) is 1.48. The second-order valence-electron chi connectivity index (χ2n) is 4.21. The molecule has 0 unspecified atom stereocenters. The Kier molecular flexibility index (Phi) is 7.95. The normalized spacial score (nSPS) is 12.9. The first kappa shape index (κ1) is 17.9. The van der Waals surface area contributed by atoms with Gasteiger partial charge in [0.05, 0.1) is 13.0 Å². The summed E-state index contributed by atoms with van der Waals surface area (Å²) in [5.74, 6) is -3.08. The fourth-order valence-corrected chi connectivity index (χ4v) is 1.48. The van der Waals surface area contributed by atoms with Crippen LogP contribution in [0.1, 0.15) is 27.2 Å². The summed E-state index contributed by atoms with van der Waals surface area (Å²) >= 11 is 0. The van der Waals surface area contributed by atoms with Crippen molar-refractivity contribution in [2.45, 2.75) is 33.2 Å². The summed E-state index contributed by atoms with van der Waals surface area (Å²) in [4.78, 5) is 44.7. The number of ether oxygens (including phenoxy) is 2. The van der Waals surface area contributed by atoms with Gasteiger partial charge in [-0.1, -0.05) is 6.92 Å². The van der Waals surface area contributed by atoms with E-state index in [1.807, 2.05) is 0 Å². The van der Waals surface area contributed by atoms with Crippen LogP contribution in [0.15, 0.2) is 0 Å². The molecule has 0 radical (unpaired) electrons. The Hall–Kier alpha value is -2.12. The lowest BCUT2D eigenvalue weighted by molar-refractivity contribution is -0.147. The van der Waals surface area contributed by atoms with Gasteiger partial charge in [0.2, 0.25) is 5.91 Å². The van der Waals surface area contributed by atoms with Gasteiger partial charge < -0.3 is 20.5 Å². The van der Waals surface area contributed by atoms with E-state index in [1.165, 1.54) is 0 Å². The van der Waals surface area contributed by atoms with Gasteiger partial charge >= 0.3 is 11.9 Å². The van der Waals surface area contributed by atoms with Crippen LogP contribution in [0.5, 0.6) is 0 Å². The highest BCUT2D eigenvalue weighted by Gasteiger charge is 2.27. The molecular weight excluding hydrogens is 268 g/mol.